The number of benzene rings is 1. The van der Waals surface area contributed by atoms with Crippen molar-refractivity contribution in [3.63, 3.8) is 0 Å². The van der Waals surface area contributed by atoms with E-state index in [0.29, 0.717) is 29.3 Å². The smallest absolute Gasteiger partial charge is 0.273 e. The normalized spacial score (nSPS) is 22.6. The number of rotatable bonds is 5. The average molecular weight is 271 g/mol. The second-order valence-corrected chi connectivity index (χ2v) is 4.87. The predicted molar refractivity (Wildman–Crippen MR) is 68.8 cm³/mol. The van der Waals surface area contributed by atoms with Crippen molar-refractivity contribution in [2.45, 2.75) is 31.5 Å². The van der Waals surface area contributed by atoms with Gasteiger partial charge in [-0.3, -0.25) is 10.1 Å². The van der Waals surface area contributed by atoms with E-state index in [9.17, 15) is 10.1 Å². The molecule has 1 fully saturated rings. The SMILES string of the molecule is COC1CC(NCc2cc(Cl)ccc2[N+](=O)[O-])C1. The van der Waals surface area contributed by atoms with Crippen molar-refractivity contribution in [2.75, 3.05) is 7.11 Å². The third kappa shape index (κ3) is 2.98. The molecule has 2 rings (SSSR count). The lowest BCUT2D eigenvalue weighted by atomic mass is 9.89. The number of nitrogens with one attached hydrogen (secondary N) is 1. The second-order valence-electron chi connectivity index (χ2n) is 4.44. The number of methoxy groups -OCH3 is 1. The third-order valence-corrected chi connectivity index (χ3v) is 3.48. The van der Waals surface area contributed by atoms with Crippen LogP contribution < -0.4 is 5.32 Å². The first kappa shape index (κ1) is 13.3. The third-order valence-electron chi connectivity index (χ3n) is 3.25. The van der Waals surface area contributed by atoms with Gasteiger partial charge >= 0.3 is 0 Å². The zero-order chi connectivity index (χ0) is 13.1. The summed E-state index contributed by atoms with van der Waals surface area (Å²) in [6.07, 6.45) is 2.22. The van der Waals surface area contributed by atoms with E-state index in [4.69, 9.17) is 16.3 Å². The minimum Gasteiger partial charge on any atom is -0.381 e. The summed E-state index contributed by atoms with van der Waals surface area (Å²) in [5.41, 5.74) is 0.725. The van der Waals surface area contributed by atoms with Crippen LogP contribution in [0.25, 0.3) is 0 Å². The molecule has 1 saturated carbocycles. The summed E-state index contributed by atoms with van der Waals surface area (Å²) in [4.78, 5) is 10.5. The molecule has 0 radical (unpaired) electrons. The minimum absolute atomic E-state index is 0.106. The van der Waals surface area contributed by atoms with Gasteiger partial charge in [-0.25, -0.2) is 0 Å². The molecule has 1 aliphatic carbocycles. The van der Waals surface area contributed by atoms with Crippen molar-refractivity contribution in [1.82, 2.24) is 5.32 Å². The van der Waals surface area contributed by atoms with E-state index in [1.54, 1.807) is 13.2 Å². The Morgan fingerprint density at radius 1 is 1.56 bits per heavy atom. The van der Waals surface area contributed by atoms with E-state index < -0.39 is 0 Å². The first-order chi connectivity index (χ1) is 8.60. The van der Waals surface area contributed by atoms with Crippen LogP contribution >= 0.6 is 11.6 Å². The van der Waals surface area contributed by atoms with Crippen molar-refractivity contribution >= 4 is 17.3 Å². The maximum atomic E-state index is 10.9. The number of hydrogen-bond donors (Lipinski definition) is 1. The molecular formula is C12H15ClN2O3. The fraction of sp³-hybridized carbons (Fsp3) is 0.500. The number of halogens is 1. The van der Waals surface area contributed by atoms with Crippen LogP contribution in [0.5, 0.6) is 0 Å². The summed E-state index contributed by atoms with van der Waals surface area (Å²) < 4.78 is 5.18. The average Bonchev–Trinajstić information content (AvgIpc) is 2.27. The largest absolute Gasteiger partial charge is 0.381 e. The topological polar surface area (TPSA) is 64.4 Å². The molecule has 5 nitrogen and oxygen atoms in total. The summed E-state index contributed by atoms with van der Waals surface area (Å²) >= 11 is 5.86. The van der Waals surface area contributed by atoms with Crippen LogP contribution in [0.1, 0.15) is 18.4 Å². The Morgan fingerprint density at radius 3 is 2.89 bits per heavy atom. The number of ether oxygens (including phenoxy) is 1. The summed E-state index contributed by atoms with van der Waals surface area (Å²) in [5.74, 6) is 0. The Labute approximate surface area is 110 Å². The zero-order valence-electron chi connectivity index (χ0n) is 10.1. The maximum absolute atomic E-state index is 10.9. The highest BCUT2D eigenvalue weighted by Gasteiger charge is 2.28. The molecule has 0 unspecified atom stereocenters. The molecule has 0 spiro atoms. The molecule has 1 aromatic rings. The van der Waals surface area contributed by atoms with E-state index in [2.05, 4.69) is 5.32 Å². The lowest BCUT2D eigenvalue weighted by Crippen LogP contribution is -2.44. The van der Waals surface area contributed by atoms with Crippen molar-refractivity contribution in [1.29, 1.82) is 0 Å². The van der Waals surface area contributed by atoms with Gasteiger partial charge in [0.15, 0.2) is 0 Å². The van der Waals surface area contributed by atoms with Crippen molar-refractivity contribution in [3.05, 3.63) is 38.9 Å². The number of nitro benzene ring substituents is 1. The standard InChI is InChI=1S/C12H15ClN2O3/c1-18-11-5-10(6-11)14-7-8-4-9(13)2-3-12(8)15(16)17/h2-4,10-11,14H,5-7H2,1H3. The van der Waals surface area contributed by atoms with E-state index in [1.165, 1.54) is 12.1 Å². The molecular weight excluding hydrogens is 256 g/mol. The Bertz CT molecular complexity index is 447. The fourth-order valence-corrected chi connectivity index (χ4v) is 2.25. The Hall–Kier alpha value is -1.17. The van der Waals surface area contributed by atoms with Crippen LogP contribution in [0.2, 0.25) is 5.02 Å². The summed E-state index contributed by atoms with van der Waals surface area (Å²) in [6.45, 7) is 0.456. The van der Waals surface area contributed by atoms with Crippen molar-refractivity contribution < 1.29 is 9.66 Å². The molecule has 0 bridgehead atoms. The monoisotopic (exact) mass is 270 g/mol. The van der Waals surface area contributed by atoms with Gasteiger partial charge in [0.1, 0.15) is 0 Å². The second kappa shape index (κ2) is 5.65. The molecule has 1 aliphatic rings. The van der Waals surface area contributed by atoms with Crippen LogP contribution in [0, 0.1) is 10.1 Å². The minimum atomic E-state index is -0.383. The van der Waals surface area contributed by atoms with Crippen molar-refractivity contribution in [2.24, 2.45) is 0 Å². The van der Waals surface area contributed by atoms with Crippen LogP contribution in [0.3, 0.4) is 0 Å². The zero-order valence-corrected chi connectivity index (χ0v) is 10.8. The van der Waals surface area contributed by atoms with E-state index >= 15 is 0 Å². The molecule has 0 amide bonds. The van der Waals surface area contributed by atoms with Gasteiger partial charge < -0.3 is 10.1 Å². The molecule has 6 heteroatoms. The molecule has 0 aromatic heterocycles. The first-order valence-electron chi connectivity index (χ1n) is 5.79. The highest BCUT2D eigenvalue weighted by molar-refractivity contribution is 6.30. The highest BCUT2D eigenvalue weighted by atomic mass is 35.5. The summed E-state index contributed by atoms with van der Waals surface area (Å²) in [6, 6.07) is 4.98. The molecule has 1 N–H and O–H groups in total. The van der Waals surface area contributed by atoms with Gasteiger partial charge in [0.25, 0.3) is 5.69 Å². The van der Waals surface area contributed by atoms with Gasteiger partial charge in [-0.1, -0.05) is 11.6 Å². The lowest BCUT2D eigenvalue weighted by Gasteiger charge is -2.34. The van der Waals surface area contributed by atoms with Crippen molar-refractivity contribution in [3.8, 4) is 0 Å². The summed E-state index contributed by atoms with van der Waals surface area (Å²) in [7, 11) is 1.70. The van der Waals surface area contributed by atoms with Gasteiger partial charge in [-0.15, -0.1) is 0 Å². The molecule has 0 heterocycles. The molecule has 0 atom stereocenters. The molecule has 0 saturated heterocycles. The maximum Gasteiger partial charge on any atom is 0.273 e. The quantitative estimate of drug-likeness (QED) is 0.660. The molecule has 0 aliphatic heterocycles. The van der Waals surface area contributed by atoms with Crippen LogP contribution in [-0.2, 0) is 11.3 Å². The Kier molecular flexibility index (Phi) is 4.16. The number of nitro groups is 1. The van der Waals surface area contributed by atoms with Crippen LogP contribution in [0.15, 0.2) is 18.2 Å². The van der Waals surface area contributed by atoms with Gasteiger partial charge in [0, 0.05) is 36.3 Å². The Morgan fingerprint density at radius 2 is 2.28 bits per heavy atom. The van der Waals surface area contributed by atoms with E-state index in [-0.39, 0.29) is 10.6 Å². The predicted octanol–water partition coefficient (Wildman–Crippen LogP) is 2.52. The number of nitrogens with zero attached hydrogens (tertiary/aromatic N) is 1. The number of hydrogen-bond acceptors (Lipinski definition) is 4. The van der Waals surface area contributed by atoms with E-state index in [1.807, 2.05) is 0 Å². The van der Waals surface area contributed by atoms with Gasteiger partial charge in [0.05, 0.1) is 11.0 Å². The molecule has 18 heavy (non-hydrogen) atoms. The lowest BCUT2D eigenvalue weighted by molar-refractivity contribution is -0.385. The molecule has 1 aromatic carbocycles. The van der Waals surface area contributed by atoms with Gasteiger partial charge in [0.2, 0.25) is 0 Å². The molecule has 98 valence electrons. The first-order valence-corrected chi connectivity index (χ1v) is 6.17. The van der Waals surface area contributed by atoms with Crippen LogP contribution in [-0.4, -0.2) is 24.2 Å². The summed E-state index contributed by atoms with van der Waals surface area (Å²) in [5, 5.41) is 14.7. The Balaban J connectivity index is 1.96. The van der Waals surface area contributed by atoms with Crippen LogP contribution in [0.4, 0.5) is 5.69 Å². The van der Waals surface area contributed by atoms with Gasteiger partial charge in [-0.2, -0.15) is 0 Å². The van der Waals surface area contributed by atoms with Gasteiger partial charge in [-0.05, 0) is 25.0 Å². The highest BCUT2D eigenvalue weighted by Crippen LogP contribution is 2.25. The fourth-order valence-electron chi connectivity index (χ4n) is 2.05. The van der Waals surface area contributed by atoms with E-state index in [0.717, 1.165) is 12.8 Å².